The summed E-state index contributed by atoms with van der Waals surface area (Å²) in [6, 6.07) is 12.3. The van der Waals surface area contributed by atoms with Crippen molar-refractivity contribution in [3.63, 3.8) is 0 Å². The number of nitrogens with one attached hydrogen (secondary N) is 2. The van der Waals surface area contributed by atoms with Crippen LogP contribution in [0.2, 0.25) is 0 Å². The molecule has 3 amide bonds. The zero-order chi connectivity index (χ0) is 23.1. The molecule has 1 aliphatic rings. The zero-order valence-electron chi connectivity index (χ0n) is 18.8. The Kier molecular flexibility index (Phi) is 7.70. The molecule has 32 heavy (non-hydrogen) atoms. The van der Waals surface area contributed by atoms with Crippen LogP contribution in [0.25, 0.3) is 0 Å². The first kappa shape index (κ1) is 23.1. The van der Waals surface area contributed by atoms with E-state index in [2.05, 4.69) is 15.5 Å². The average molecular weight is 439 g/mol. The van der Waals surface area contributed by atoms with Gasteiger partial charge in [-0.3, -0.25) is 4.79 Å². The number of amides is 3. The molecule has 1 aliphatic heterocycles. The number of urea groups is 1. The minimum absolute atomic E-state index is 0.111. The molecular formula is C24H30N4O4. The van der Waals surface area contributed by atoms with Crippen LogP contribution in [0.5, 0.6) is 0 Å². The number of carbonyl (C=O) groups is 3. The van der Waals surface area contributed by atoms with Gasteiger partial charge in [0, 0.05) is 25.8 Å². The van der Waals surface area contributed by atoms with E-state index in [4.69, 9.17) is 4.74 Å². The van der Waals surface area contributed by atoms with Gasteiger partial charge in [0.05, 0.1) is 24.0 Å². The van der Waals surface area contributed by atoms with Crippen molar-refractivity contribution in [3.8, 4) is 0 Å². The zero-order valence-corrected chi connectivity index (χ0v) is 18.8. The molecule has 1 heterocycles. The van der Waals surface area contributed by atoms with Crippen LogP contribution in [-0.4, -0.2) is 56.6 Å². The Morgan fingerprint density at radius 1 is 1.03 bits per heavy atom. The van der Waals surface area contributed by atoms with Gasteiger partial charge in [0.2, 0.25) is 5.91 Å². The number of benzene rings is 2. The van der Waals surface area contributed by atoms with Crippen molar-refractivity contribution in [2.45, 2.75) is 26.2 Å². The van der Waals surface area contributed by atoms with Crippen LogP contribution >= 0.6 is 0 Å². The molecule has 0 aromatic heterocycles. The van der Waals surface area contributed by atoms with Crippen LogP contribution < -0.4 is 15.5 Å². The third-order valence-electron chi connectivity index (χ3n) is 5.51. The van der Waals surface area contributed by atoms with E-state index in [9.17, 15) is 14.4 Å². The second kappa shape index (κ2) is 10.7. The summed E-state index contributed by atoms with van der Waals surface area (Å²) in [7, 11) is 2.87. The molecule has 2 N–H and O–H groups in total. The van der Waals surface area contributed by atoms with Gasteiger partial charge in [0.1, 0.15) is 6.54 Å². The Morgan fingerprint density at radius 3 is 2.44 bits per heavy atom. The number of ether oxygens (including phenoxy) is 1. The van der Waals surface area contributed by atoms with Gasteiger partial charge in [0.15, 0.2) is 0 Å². The van der Waals surface area contributed by atoms with Crippen LogP contribution in [0.3, 0.4) is 0 Å². The van der Waals surface area contributed by atoms with E-state index in [0.29, 0.717) is 11.3 Å². The summed E-state index contributed by atoms with van der Waals surface area (Å²) < 4.78 is 4.81. The first-order chi connectivity index (χ1) is 15.4. The van der Waals surface area contributed by atoms with Crippen molar-refractivity contribution in [2.75, 3.05) is 49.3 Å². The fourth-order valence-electron chi connectivity index (χ4n) is 3.75. The number of esters is 1. The fourth-order valence-corrected chi connectivity index (χ4v) is 3.75. The van der Waals surface area contributed by atoms with Crippen molar-refractivity contribution in [1.29, 1.82) is 0 Å². The maximum Gasteiger partial charge on any atom is 0.337 e. The molecule has 1 fully saturated rings. The van der Waals surface area contributed by atoms with E-state index in [1.807, 2.05) is 37.3 Å². The van der Waals surface area contributed by atoms with Gasteiger partial charge in [-0.15, -0.1) is 0 Å². The molecule has 0 unspecified atom stereocenters. The van der Waals surface area contributed by atoms with Crippen molar-refractivity contribution < 1.29 is 19.1 Å². The maximum atomic E-state index is 12.8. The Bertz CT molecular complexity index is 986. The number of nitrogens with zero attached hydrogens (tertiary/aromatic N) is 2. The number of likely N-dealkylation sites (N-methyl/N-ethyl adjacent to an activating group) is 1. The van der Waals surface area contributed by atoms with Gasteiger partial charge in [0.25, 0.3) is 0 Å². The highest BCUT2D eigenvalue weighted by molar-refractivity contribution is 6.00. The number of hydrogen-bond acceptors (Lipinski definition) is 5. The lowest BCUT2D eigenvalue weighted by Crippen LogP contribution is -2.38. The van der Waals surface area contributed by atoms with E-state index in [0.717, 1.165) is 49.3 Å². The number of aryl methyl sites for hydroxylation is 1. The normalized spacial score (nSPS) is 12.9. The molecule has 0 saturated carbocycles. The van der Waals surface area contributed by atoms with Crippen LogP contribution in [0, 0.1) is 0 Å². The van der Waals surface area contributed by atoms with Crippen molar-refractivity contribution in [3.05, 3.63) is 53.6 Å². The van der Waals surface area contributed by atoms with E-state index in [-0.39, 0.29) is 12.5 Å². The molecule has 8 nitrogen and oxygen atoms in total. The molecule has 2 aromatic rings. The predicted molar refractivity (Wildman–Crippen MR) is 125 cm³/mol. The van der Waals surface area contributed by atoms with Gasteiger partial charge in [-0.25, -0.2) is 9.59 Å². The molecule has 0 aliphatic carbocycles. The third kappa shape index (κ3) is 5.57. The number of hydrogen-bond donors (Lipinski definition) is 2. The Labute approximate surface area is 188 Å². The van der Waals surface area contributed by atoms with E-state index < -0.39 is 12.0 Å². The summed E-state index contributed by atoms with van der Waals surface area (Å²) in [6.45, 7) is 3.68. The lowest BCUT2D eigenvalue weighted by molar-refractivity contribution is -0.116. The largest absolute Gasteiger partial charge is 0.465 e. The highest BCUT2D eigenvalue weighted by Gasteiger charge is 2.21. The smallest absolute Gasteiger partial charge is 0.337 e. The second-order valence-corrected chi connectivity index (χ2v) is 7.76. The van der Waals surface area contributed by atoms with Crippen LogP contribution in [0.15, 0.2) is 42.5 Å². The first-order valence-corrected chi connectivity index (χ1v) is 10.8. The summed E-state index contributed by atoms with van der Waals surface area (Å²) >= 11 is 0. The maximum absolute atomic E-state index is 12.8. The van der Waals surface area contributed by atoms with Gasteiger partial charge < -0.3 is 25.2 Å². The third-order valence-corrected chi connectivity index (χ3v) is 5.51. The standard InChI is InChI=1S/C24H30N4O4/c1-4-17-9-5-6-10-19(17)25-22(29)16-27(2)24(31)26-20-15-18(23(30)32-3)11-12-21(20)28-13-7-8-14-28/h5-6,9-12,15H,4,7-8,13-14,16H2,1-3H3,(H,25,29)(H,26,31). The Hall–Kier alpha value is -3.55. The minimum atomic E-state index is -0.476. The fraction of sp³-hybridized carbons (Fsp3) is 0.375. The molecule has 0 spiro atoms. The van der Waals surface area contributed by atoms with Crippen molar-refractivity contribution in [2.24, 2.45) is 0 Å². The van der Waals surface area contributed by atoms with Gasteiger partial charge in [-0.2, -0.15) is 0 Å². The number of para-hydroxylation sites is 1. The molecule has 170 valence electrons. The number of anilines is 3. The van der Waals surface area contributed by atoms with Gasteiger partial charge in [-0.05, 0) is 49.1 Å². The summed E-state index contributed by atoms with van der Waals surface area (Å²) in [5, 5.41) is 5.72. The topological polar surface area (TPSA) is 91.0 Å². The lowest BCUT2D eigenvalue weighted by atomic mass is 10.1. The summed E-state index contributed by atoms with van der Waals surface area (Å²) in [5.41, 5.74) is 3.49. The average Bonchev–Trinajstić information content (AvgIpc) is 3.33. The molecule has 1 saturated heterocycles. The van der Waals surface area contributed by atoms with Crippen molar-refractivity contribution in [1.82, 2.24) is 4.90 Å². The Morgan fingerprint density at radius 2 is 1.75 bits per heavy atom. The van der Waals surface area contributed by atoms with Crippen LogP contribution in [-0.2, 0) is 16.0 Å². The molecule has 0 bridgehead atoms. The second-order valence-electron chi connectivity index (χ2n) is 7.76. The summed E-state index contributed by atoms with van der Waals surface area (Å²) in [6.07, 6.45) is 2.94. The van der Waals surface area contributed by atoms with Crippen LogP contribution in [0.1, 0.15) is 35.7 Å². The molecule has 2 aromatic carbocycles. The van der Waals surface area contributed by atoms with E-state index in [1.165, 1.54) is 12.0 Å². The summed E-state index contributed by atoms with van der Waals surface area (Å²) in [4.78, 5) is 40.8. The monoisotopic (exact) mass is 438 g/mol. The van der Waals surface area contributed by atoms with Crippen molar-refractivity contribution >= 4 is 35.0 Å². The predicted octanol–water partition coefficient (Wildman–Crippen LogP) is 3.74. The quantitative estimate of drug-likeness (QED) is 0.643. The molecule has 8 heteroatoms. The molecule has 3 rings (SSSR count). The van der Waals surface area contributed by atoms with E-state index in [1.54, 1.807) is 19.2 Å². The molecule has 0 atom stereocenters. The highest BCUT2D eigenvalue weighted by Crippen LogP contribution is 2.30. The SMILES string of the molecule is CCc1ccccc1NC(=O)CN(C)C(=O)Nc1cc(C(=O)OC)ccc1N1CCCC1. The lowest BCUT2D eigenvalue weighted by Gasteiger charge is -2.24. The Balaban J connectivity index is 1.70. The van der Waals surface area contributed by atoms with Gasteiger partial charge >= 0.3 is 12.0 Å². The number of rotatable bonds is 7. The summed E-state index contributed by atoms with van der Waals surface area (Å²) in [5.74, 6) is -0.762. The molecule has 0 radical (unpaired) electrons. The van der Waals surface area contributed by atoms with Gasteiger partial charge in [-0.1, -0.05) is 25.1 Å². The number of carbonyl (C=O) groups excluding carboxylic acids is 3. The van der Waals surface area contributed by atoms with E-state index >= 15 is 0 Å². The minimum Gasteiger partial charge on any atom is -0.465 e. The number of methoxy groups -OCH3 is 1. The first-order valence-electron chi connectivity index (χ1n) is 10.8. The highest BCUT2D eigenvalue weighted by atomic mass is 16.5. The van der Waals surface area contributed by atoms with Crippen LogP contribution in [0.4, 0.5) is 21.9 Å². The molecular weight excluding hydrogens is 408 g/mol.